The molecule has 0 saturated heterocycles. The zero-order valence-corrected chi connectivity index (χ0v) is 16.5. The predicted molar refractivity (Wildman–Crippen MR) is 112 cm³/mol. The molecule has 0 saturated carbocycles. The number of methoxy groups -OCH3 is 1. The molecule has 0 spiro atoms. The Morgan fingerprint density at radius 2 is 1.45 bits per heavy atom. The SMILES string of the molecule is COc1ccc(C(=O)N(C)C)cc1NC(=O)c1ccc(Oc2ccccc2)cc1. The number of amides is 2. The molecule has 1 N–H and O–H groups in total. The molecule has 0 aliphatic heterocycles. The molecule has 6 nitrogen and oxygen atoms in total. The summed E-state index contributed by atoms with van der Waals surface area (Å²) in [5.74, 6) is 1.34. The molecule has 0 unspecified atom stereocenters. The molecule has 0 bridgehead atoms. The summed E-state index contributed by atoms with van der Waals surface area (Å²) in [5, 5.41) is 2.81. The Labute approximate surface area is 169 Å². The van der Waals surface area contributed by atoms with Crippen LogP contribution in [0.5, 0.6) is 17.2 Å². The molecule has 3 rings (SSSR count). The van der Waals surface area contributed by atoms with Gasteiger partial charge in [-0.25, -0.2) is 0 Å². The second-order valence-electron chi connectivity index (χ2n) is 6.51. The Kier molecular flexibility index (Phi) is 6.14. The number of rotatable bonds is 6. The van der Waals surface area contributed by atoms with Crippen molar-refractivity contribution in [3.63, 3.8) is 0 Å². The molecule has 0 aliphatic rings. The quantitative estimate of drug-likeness (QED) is 0.676. The number of carbonyl (C=O) groups is 2. The van der Waals surface area contributed by atoms with Crippen LogP contribution in [0.2, 0.25) is 0 Å². The van der Waals surface area contributed by atoms with Gasteiger partial charge in [0, 0.05) is 25.2 Å². The van der Waals surface area contributed by atoms with Crippen LogP contribution >= 0.6 is 0 Å². The lowest BCUT2D eigenvalue weighted by Crippen LogP contribution is -2.22. The highest BCUT2D eigenvalue weighted by atomic mass is 16.5. The summed E-state index contributed by atoms with van der Waals surface area (Å²) in [7, 11) is 4.85. The van der Waals surface area contributed by atoms with E-state index in [4.69, 9.17) is 9.47 Å². The summed E-state index contributed by atoms with van der Waals surface area (Å²) in [6.07, 6.45) is 0. The molecule has 3 aromatic carbocycles. The van der Waals surface area contributed by atoms with Gasteiger partial charge in [0.05, 0.1) is 12.8 Å². The molecule has 0 radical (unpaired) electrons. The monoisotopic (exact) mass is 390 g/mol. The minimum atomic E-state index is -0.316. The highest BCUT2D eigenvalue weighted by Gasteiger charge is 2.14. The van der Waals surface area contributed by atoms with Crippen LogP contribution in [0.3, 0.4) is 0 Å². The van der Waals surface area contributed by atoms with Gasteiger partial charge in [0.25, 0.3) is 11.8 Å². The Bertz CT molecular complexity index is 999. The number of carbonyl (C=O) groups excluding carboxylic acids is 2. The summed E-state index contributed by atoms with van der Waals surface area (Å²) in [5.41, 5.74) is 1.34. The van der Waals surface area contributed by atoms with Gasteiger partial charge in [-0.2, -0.15) is 0 Å². The van der Waals surface area contributed by atoms with Crippen LogP contribution in [-0.4, -0.2) is 37.9 Å². The van der Waals surface area contributed by atoms with E-state index in [1.807, 2.05) is 30.3 Å². The van der Waals surface area contributed by atoms with Crippen molar-refractivity contribution in [3.8, 4) is 17.2 Å². The van der Waals surface area contributed by atoms with Crippen molar-refractivity contribution in [1.82, 2.24) is 4.90 Å². The van der Waals surface area contributed by atoms with E-state index >= 15 is 0 Å². The molecule has 29 heavy (non-hydrogen) atoms. The van der Waals surface area contributed by atoms with Crippen LogP contribution in [0.1, 0.15) is 20.7 Å². The Hall–Kier alpha value is -3.80. The average molecular weight is 390 g/mol. The normalized spacial score (nSPS) is 10.2. The average Bonchev–Trinajstić information content (AvgIpc) is 2.74. The van der Waals surface area contributed by atoms with Crippen LogP contribution < -0.4 is 14.8 Å². The Morgan fingerprint density at radius 1 is 0.828 bits per heavy atom. The van der Waals surface area contributed by atoms with Crippen LogP contribution in [0, 0.1) is 0 Å². The molecule has 0 aromatic heterocycles. The molecular formula is C23H22N2O4. The van der Waals surface area contributed by atoms with Gasteiger partial charge < -0.3 is 19.7 Å². The summed E-state index contributed by atoms with van der Waals surface area (Å²) in [6.45, 7) is 0. The maximum Gasteiger partial charge on any atom is 0.255 e. The fourth-order valence-electron chi connectivity index (χ4n) is 2.69. The first-order chi connectivity index (χ1) is 14.0. The summed E-state index contributed by atoms with van der Waals surface area (Å²) in [6, 6.07) is 21.1. The van der Waals surface area contributed by atoms with Crippen molar-refractivity contribution in [2.45, 2.75) is 0 Å². The summed E-state index contributed by atoms with van der Waals surface area (Å²) < 4.78 is 11.0. The van der Waals surface area contributed by atoms with Crippen molar-refractivity contribution in [3.05, 3.63) is 83.9 Å². The molecule has 2 amide bonds. The van der Waals surface area contributed by atoms with Crippen LogP contribution in [-0.2, 0) is 0 Å². The lowest BCUT2D eigenvalue weighted by atomic mass is 10.1. The molecule has 6 heteroatoms. The fraction of sp³-hybridized carbons (Fsp3) is 0.130. The second-order valence-corrected chi connectivity index (χ2v) is 6.51. The minimum Gasteiger partial charge on any atom is -0.495 e. The van der Waals surface area contributed by atoms with Crippen molar-refractivity contribution in [2.75, 3.05) is 26.5 Å². The van der Waals surface area contributed by atoms with E-state index in [9.17, 15) is 9.59 Å². The van der Waals surface area contributed by atoms with Crippen LogP contribution in [0.15, 0.2) is 72.8 Å². The highest BCUT2D eigenvalue weighted by Crippen LogP contribution is 2.27. The number of hydrogen-bond donors (Lipinski definition) is 1. The fourth-order valence-corrected chi connectivity index (χ4v) is 2.69. The third-order valence-electron chi connectivity index (χ3n) is 4.20. The number of ether oxygens (including phenoxy) is 2. The van der Waals surface area contributed by atoms with Crippen molar-refractivity contribution >= 4 is 17.5 Å². The van der Waals surface area contributed by atoms with Gasteiger partial charge in [-0.15, -0.1) is 0 Å². The maximum absolute atomic E-state index is 12.7. The molecule has 148 valence electrons. The van der Waals surface area contributed by atoms with Crippen LogP contribution in [0.25, 0.3) is 0 Å². The van der Waals surface area contributed by atoms with Gasteiger partial charge in [0.1, 0.15) is 17.2 Å². The van der Waals surface area contributed by atoms with Gasteiger partial charge in [-0.1, -0.05) is 18.2 Å². The number of hydrogen-bond acceptors (Lipinski definition) is 4. The van der Waals surface area contributed by atoms with Gasteiger partial charge in [-0.3, -0.25) is 9.59 Å². The first-order valence-electron chi connectivity index (χ1n) is 9.02. The van der Waals surface area contributed by atoms with Gasteiger partial charge in [0.15, 0.2) is 0 Å². The number of para-hydroxylation sites is 1. The molecule has 0 aliphatic carbocycles. The molecule has 0 heterocycles. The molecular weight excluding hydrogens is 368 g/mol. The number of anilines is 1. The lowest BCUT2D eigenvalue weighted by molar-refractivity contribution is 0.0827. The van der Waals surface area contributed by atoms with E-state index in [0.717, 1.165) is 5.75 Å². The molecule has 0 atom stereocenters. The van der Waals surface area contributed by atoms with E-state index < -0.39 is 0 Å². The first kappa shape index (κ1) is 19.9. The number of nitrogens with one attached hydrogen (secondary N) is 1. The zero-order valence-electron chi connectivity index (χ0n) is 16.5. The maximum atomic E-state index is 12.7. The second kappa shape index (κ2) is 8.93. The van der Waals surface area contributed by atoms with Gasteiger partial charge in [-0.05, 0) is 54.6 Å². The zero-order chi connectivity index (χ0) is 20.8. The minimum absolute atomic E-state index is 0.162. The van der Waals surface area contributed by atoms with E-state index in [1.165, 1.54) is 12.0 Å². The lowest BCUT2D eigenvalue weighted by Gasteiger charge is -2.14. The highest BCUT2D eigenvalue weighted by molar-refractivity contribution is 6.06. The van der Waals surface area contributed by atoms with E-state index in [1.54, 1.807) is 56.6 Å². The smallest absolute Gasteiger partial charge is 0.255 e. The number of benzene rings is 3. The summed E-state index contributed by atoms with van der Waals surface area (Å²) in [4.78, 5) is 26.3. The Balaban J connectivity index is 1.75. The van der Waals surface area contributed by atoms with E-state index in [0.29, 0.717) is 28.3 Å². The Morgan fingerprint density at radius 3 is 2.07 bits per heavy atom. The topological polar surface area (TPSA) is 67.9 Å². The van der Waals surface area contributed by atoms with Crippen molar-refractivity contribution in [2.24, 2.45) is 0 Å². The van der Waals surface area contributed by atoms with Crippen LogP contribution in [0.4, 0.5) is 5.69 Å². The standard InChI is InChI=1S/C23H22N2O4/c1-25(2)23(27)17-11-14-21(28-3)20(15-17)24-22(26)16-9-12-19(13-10-16)29-18-7-5-4-6-8-18/h4-15H,1-3H3,(H,24,26). The first-order valence-corrected chi connectivity index (χ1v) is 9.02. The summed E-state index contributed by atoms with van der Waals surface area (Å²) >= 11 is 0. The van der Waals surface area contributed by atoms with Crippen molar-refractivity contribution < 1.29 is 19.1 Å². The van der Waals surface area contributed by atoms with Gasteiger partial charge >= 0.3 is 0 Å². The van der Waals surface area contributed by atoms with Crippen molar-refractivity contribution in [1.29, 1.82) is 0 Å². The molecule has 3 aromatic rings. The largest absolute Gasteiger partial charge is 0.495 e. The van der Waals surface area contributed by atoms with E-state index in [2.05, 4.69) is 5.32 Å². The third kappa shape index (κ3) is 4.93. The predicted octanol–water partition coefficient (Wildman–Crippen LogP) is 4.44. The molecule has 0 fully saturated rings. The third-order valence-corrected chi connectivity index (χ3v) is 4.20. The van der Waals surface area contributed by atoms with Gasteiger partial charge in [0.2, 0.25) is 0 Å². The van der Waals surface area contributed by atoms with E-state index in [-0.39, 0.29) is 11.8 Å². The number of nitrogens with zero attached hydrogens (tertiary/aromatic N) is 1.